The van der Waals surface area contributed by atoms with E-state index in [4.69, 9.17) is 17.0 Å². The molecule has 0 bridgehead atoms. The normalized spacial score (nSPS) is 11.9. The first kappa shape index (κ1) is 13.6. The number of nitrogens with zero attached hydrogens (tertiary/aromatic N) is 1. The van der Waals surface area contributed by atoms with Crippen LogP contribution in [0.1, 0.15) is 30.9 Å². The molecule has 0 radical (unpaired) electrons. The molecule has 0 heterocycles. The molecule has 0 aliphatic carbocycles. The third-order valence-electron chi connectivity index (χ3n) is 2.57. The number of nitro benzene ring substituents is 1. The number of aryl methyl sites for hydroxylation is 1. The maximum absolute atomic E-state index is 10.6. The predicted molar refractivity (Wildman–Crippen MR) is 70.5 cm³/mol. The molecule has 1 aromatic carbocycles. The van der Waals surface area contributed by atoms with Crippen LogP contribution in [0.2, 0.25) is 0 Å². The van der Waals surface area contributed by atoms with Crippen molar-refractivity contribution in [2.75, 3.05) is 6.61 Å². The predicted octanol–water partition coefficient (Wildman–Crippen LogP) is 3.37. The number of non-ortho nitro benzene ring substituents is 1. The summed E-state index contributed by atoms with van der Waals surface area (Å²) in [6.45, 7) is 6.19. The summed E-state index contributed by atoms with van der Waals surface area (Å²) >= 11 is 5.15. The fourth-order valence-corrected chi connectivity index (χ4v) is 1.90. The third kappa shape index (κ3) is 3.23. The lowest BCUT2D eigenvalue weighted by atomic mass is 9.96. The van der Waals surface area contributed by atoms with Crippen LogP contribution in [-0.2, 0) is 4.74 Å². The smallest absolute Gasteiger partial charge is 0.269 e. The van der Waals surface area contributed by atoms with Crippen molar-refractivity contribution in [3.05, 3.63) is 39.4 Å². The lowest BCUT2D eigenvalue weighted by Crippen LogP contribution is -2.12. The Morgan fingerprint density at radius 1 is 1.59 bits per heavy atom. The van der Waals surface area contributed by atoms with Crippen LogP contribution in [0.5, 0.6) is 0 Å². The Morgan fingerprint density at radius 3 is 2.71 bits per heavy atom. The minimum atomic E-state index is -0.400. The molecule has 4 nitrogen and oxygen atoms in total. The van der Waals surface area contributed by atoms with E-state index < -0.39 is 4.92 Å². The number of thiocarbonyl (C=S) groups is 1. The average molecular weight is 253 g/mol. The second kappa shape index (κ2) is 5.72. The summed E-state index contributed by atoms with van der Waals surface area (Å²) < 4.78 is 5.29. The van der Waals surface area contributed by atoms with Crippen LogP contribution < -0.4 is 0 Å². The van der Waals surface area contributed by atoms with Crippen molar-refractivity contribution in [3.63, 3.8) is 0 Å². The van der Waals surface area contributed by atoms with Gasteiger partial charge in [0.2, 0.25) is 0 Å². The molecule has 92 valence electrons. The molecular weight excluding hydrogens is 238 g/mol. The summed E-state index contributed by atoms with van der Waals surface area (Å²) in [5.74, 6) is -0.0363. The van der Waals surface area contributed by atoms with Crippen LogP contribution >= 0.6 is 12.2 Å². The van der Waals surface area contributed by atoms with E-state index in [2.05, 4.69) is 0 Å². The van der Waals surface area contributed by atoms with E-state index in [1.807, 2.05) is 20.8 Å². The second-order valence-corrected chi connectivity index (χ2v) is 4.17. The molecule has 5 heteroatoms. The lowest BCUT2D eigenvalue weighted by molar-refractivity contribution is -0.384. The summed E-state index contributed by atoms with van der Waals surface area (Å²) in [5.41, 5.74) is 1.92. The first-order chi connectivity index (χ1) is 7.97. The molecule has 0 saturated carbocycles. The van der Waals surface area contributed by atoms with E-state index in [9.17, 15) is 10.1 Å². The first-order valence-electron chi connectivity index (χ1n) is 5.39. The quantitative estimate of drug-likeness (QED) is 0.469. The molecule has 1 unspecified atom stereocenters. The fraction of sp³-hybridized carbons (Fsp3) is 0.417. The number of hydrogen-bond donors (Lipinski definition) is 0. The molecule has 0 aliphatic heterocycles. The summed E-state index contributed by atoms with van der Waals surface area (Å²) in [5, 5.41) is 11.1. The first-order valence-corrected chi connectivity index (χ1v) is 5.79. The van der Waals surface area contributed by atoms with Gasteiger partial charge in [0, 0.05) is 18.1 Å². The maximum atomic E-state index is 10.6. The largest absolute Gasteiger partial charge is 0.487 e. The summed E-state index contributed by atoms with van der Waals surface area (Å²) in [6, 6.07) is 4.79. The van der Waals surface area contributed by atoms with Crippen LogP contribution in [-0.4, -0.2) is 16.6 Å². The van der Waals surface area contributed by atoms with Gasteiger partial charge in [0.25, 0.3) is 5.69 Å². The van der Waals surface area contributed by atoms with Crippen LogP contribution in [0.15, 0.2) is 18.2 Å². The highest BCUT2D eigenvalue weighted by molar-refractivity contribution is 7.80. The Kier molecular flexibility index (Phi) is 4.57. The van der Waals surface area contributed by atoms with Gasteiger partial charge < -0.3 is 4.74 Å². The zero-order chi connectivity index (χ0) is 13.0. The van der Waals surface area contributed by atoms with Crippen LogP contribution in [0, 0.1) is 17.0 Å². The van der Waals surface area contributed by atoms with Crippen molar-refractivity contribution in [2.45, 2.75) is 26.7 Å². The molecule has 0 fully saturated rings. The van der Waals surface area contributed by atoms with E-state index in [0.29, 0.717) is 11.7 Å². The Labute approximate surface area is 106 Å². The third-order valence-corrected chi connectivity index (χ3v) is 3.04. The van der Waals surface area contributed by atoms with Crippen molar-refractivity contribution in [1.29, 1.82) is 0 Å². The monoisotopic (exact) mass is 253 g/mol. The van der Waals surface area contributed by atoms with E-state index in [1.54, 1.807) is 12.1 Å². The molecule has 0 aliphatic rings. The second-order valence-electron chi connectivity index (χ2n) is 3.77. The number of ether oxygens (including phenoxy) is 1. The lowest BCUT2D eigenvalue weighted by Gasteiger charge is -2.15. The van der Waals surface area contributed by atoms with Gasteiger partial charge in [0.15, 0.2) is 5.05 Å². The van der Waals surface area contributed by atoms with Gasteiger partial charge >= 0.3 is 0 Å². The summed E-state index contributed by atoms with van der Waals surface area (Å²) in [6.07, 6.45) is 0. The zero-order valence-corrected chi connectivity index (χ0v) is 10.9. The van der Waals surface area contributed by atoms with Crippen molar-refractivity contribution < 1.29 is 9.66 Å². The maximum Gasteiger partial charge on any atom is 0.269 e. The highest BCUT2D eigenvalue weighted by Crippen LogP contribution is 2.25. The molecule has 0 aromatic heterocycles. The Bertz CT molecular complexity index is 445. The Balaban J connectivity index is 2.99. The Hall–Kier alpha value is -1.49. The van der Waals surface area contributed by atoms with Gasteiger partial charge in [0.1, 0.15) is 0 Å². The van der Waals surface area contributed by atoms with Crippen molar-refractivity contribution in [2.24, 2.45) is 0 Å². The number of nitro groups is 1. The molecule has 0 saturated heterocycles. The summed E-state index contributed by atoms with van der Waals surface area (Å²) in [4.78, 5) is 10.2. The molecule has 0 amide bonds. The van der Waals surface area contributed by atoms with Gasteiger partial charge in [-0.3, -0.25) is 10.1 Å². The van der Waals surface area contributed by atoms with E-state index in [-0.39, 0.29) is 11.6 Å². The van der Waals surface area contributed by atoms with Gasteiger partial charge in [-0.15, -0.1) is 0 Å². The number of benzene rings is 1. The summed E-state index contributed by atoms with van der Waals surface area (Å²) in [7, 11) is 0. The van der Waals surface area contributed by atoms with Gasteiger partial charge in [-0.1, -0.05) is 13.0 Å². The van der Waals surface area contributed by atoms with E-state index in [1.165, 1.54) is 6.07 Å². The zero-order valence-electron chi connectivity index (χ0n) is 10.1. The molecule has 0 spiro atoms. The number of rotatable bonds is 4. The highest BCUT2D eigenvalue weighted by atomic mass is 32.1. The topological polar surface area (TPSA) is 52.4 Å². The van der Waals surface area contributed by atoms with Gasteiger partial charge in [-0.05, 0) is 37.2 Å². The SMILES string of the molecule is CCOC(=S)C(C)c1ccc([N+](=O)[O-])cc1C. The van der Waals surface area contributed by atoms with Crippen molar-refractivity contribution in [3.8, 4) is 0 Å². The minimum absolute atomic E-state index is 0.0363. The minimum Gasteiger partial charge on any atom is -0.487 e. The standard InChI is InChI=1S/C12H15NO3S/c1-4-16-12(17)9(3)11-6-5-10(13(14)15)7-8(11)2/h5-7,9H,4H2,1-3H3. The molecular formula is C12H15NO3S. The van der Waals surface area contributed by atoms with Gasteiger partial charge in [-0.25, -0.2) is 0 Å². The molecule has 0 N–H and O–H groups in total. The van der Waals surface area contributed by atoms with E-state index in [0.717, 1.165) is 11.1 Å². The van der Waals surface area contributed by atoms with Crippen LogP contribution in [0.4, 0.5) is 5.69 Å². The Morgan fingerprint density at radius 2 is 2.24 bits per heavy atom. The van der Waals surface area contributed by atoms with Crippen LogP contribution in [0.25, 0.3) is 0 Å². The fourth-order valence-electron chi connectivity index (χ4n) is 1.65. The van der Waals surface area contributed by atoms with Crippen molar-refractivity contribution >= 4 is 23.0 Å². The molecule has 17 heavy (non-hydrogen) atoms. The highest BCUT2D eigenvalue weighted by Gasteiger charge is 2.17. The van der Waals surface area contributed by atoms with Gasteiger partial charge in [0.05, 0.1) is 11.5 Å². The average Bonchev–Trinajstić information content (AvgIpc) is 2.28. The van der Waals surface area contributed by atoms with Crippen molar-refractivity contribution in [1.82, 2.24) is 0 Å². The molecule has 1 rings (SSSR count). The van der Waals surface area contributed by atoms with Gasteiger partial charge in [-0.2, -0.15) is 0 Å². The molecule has 1 atom stereocenters. The number of hydrogen-bond acceptors (Lipinski definition) is 4. The van der Waals surface area contributed by atoms with E-state index >= 15 is 0 Å². The van der Waals surface area contributed by atoms with Crippen LogP contribution in [0.3, 0.4) is 0 Å². The molecule has 1 aromatic rings.